The fraction of sp³-hybridized carbons (Fsp3) is 0.348. The van der Waals surface area contributed by atoms with Crippen LogP contribution in [-0.2, 0) is 9.59 Å². The van der Waals surface area contributed by atoms with Crippen LogP contribution >= 0.6 is 0 Å². The number of anilines is 1. The van der Waals surface area contributed by atoms with Crippen molar-refractivity contribution < 1.29 is 23.9 Å². The van der Waals surface area contributed by atoms with E-state index in [0.29, 0.717) is 22.7 Å². The molecule has 2 fully saturated rings. The third-order valence-electron chi connectivity index (χ3n) is 5.70. The van der Waals surface area contributed by atoms with E-state index in [0.717, 1.165) is 25.7 Å². The van der Waals surface area contributed by atoms with Gasteiger partial charge >= 0.3 is 0 Å². The van der Waals surface area contributed by atoms with E-state index in [-0.39, 0.29) is 36.0 Å². The van der Waals surface area contributed by atoms with Crippen molar-refractivity contribution in [2.75, 3.05) is 18.6 Å². The van der Waals surface area contributed by atoms with Crippen LogP contribution in [0.15, 0.2) is 48.5 Å². The van der Waals surface area contributed by atoms with Gasteiger partial charge in [0.05, 0.1) is 24.6 Å². The highest BCUT2D eigenvalue weighted by Gasteiger charge is 2.48. The molecule has 2 amide bonds. The molecule has 2 aromatic rings. The summed E-state index contributed by atoms with van der Waals surface area (Å²) in [7, 11) is 1.55. The van der Waals surface area contributed by atoms with Crippen LogP contribution in [0, 0.1) is 11.8 Å². The van der Waals surface area contributed by atoms with Crippen molar-refractivity contribution in [3.05, 3.63) is 54.1 Å². The molecule has 0 radical (unpaired) electrons. The monoisotopic (exact) mass is 393 g/mol. The molecular weight excluding hydrogens is 370 g/mol. The summed E-state index contributed by atoms with van der Waals surface area (Å²) in [6.07, 6.45) is 3.59. The van der Waals surface area contributed by atoms with Gasteiger partial charge in [-0.3, -0.25) is 19.3 Å². The number of Topliss-reactive ketones (excluding diaryl/α,β-unsaturated/α-hetero) is 1. The van der Waals surface area contributed by atoms with E-state index in [9.17, 15) is 14.4 Å². The predicted octanol–water partition coefficient (Wildman–Crippen LogP) is 3.64. The van der Waals surface area contributed by atoms with Crippen molar-refractivity contribution in [2.45, 2.75) is 25.7 Å². The van der Waals surface area contributed by atoms with Crippen molar-refractivity contribution >= 4 is 23.3 Å². The molecule has 1 saturated carbocycles. The number of nitrogens with zero attached hydrogens (tertiary/aromatic N) is 1. The van der Waals surface area contributed by atoms with Gasteiger partial charge < -0.3 is 9.47 Å². The number of fused-ring (bicyclic) bond motifs is 1. The molecular formula is C23H23NO5. The van der Waals surface area contributed by atoms with E-state index in [1.54, 1.807) is 55.6 Å². The van der Waals surface area contributed by atoms with Crippen molar-refractivity contribution in [3.63, 3.8) is 0 Å². The van der Waals surface area contributed by atoms with Crippen LogP contribution < -0.4 is 14.4 Å². The third-order valence-corrected chi connectivity index (χ3v) is 5.70. The molecule has 29 heavy (non-hydrogen) atoms. The van der Waals surface area contributed by atoms with E-state index < -0.39 is 0 Å². The fourth-order valence-electron chi connectivity index (χ4n) is 4.14. The maximum Gasteiger partial charge on any atom is 0.237 e. The van der Waals surface area contributed by atoms with E-state index in [4.69, 9.17) is 9.47 Å². The highest BCUT2D eigenvalue weighted by molar-refractivity contribution is 6.22. The number of ketones is 1. The number of ether oxygens (including phenoxy) is 2. The number of amides is 2. The Bertz CT molecular complexity index is 913. The lowest BCUT2D eigenvalue weighted by Crippen LogP contribution is -2.30. The second-order valence-electron chi connectivity index (χ2n) is 7.45. The Kier molecular flexibility index (Phi) is 5.34. The normalized spacial score (nSPS) is 21.1. The first-order valence-electron chi connectivity index (χ1n) is 9.86. The van der Waals surface area contributed by atoms with Gasteiger partial charge in [0.25, 0.3) is 0 Å². The molecule has 2 aromatic carbocycles. The standard InChI is InChI=1S/C23H23NO5/c1-28-18-6-4-5-15(13-18)21(25)14-29-17-11-9-16(10-12-17)24-22(26)19-7-2-3-8-20(19)23(24)27/h4-6,9-13,19-20H,2-3,7-8,14H2,1H3/t19-,20+. The summed E-state index contributed by atoms with van der Waals surface area (Å²) in [5.74, 6) is 0.410. The van der Waals surface area contributed by atoms with Crippen LogP contribution in [0.3, 0.4) is 0 Å². The number of hydrogen-bond acceptors (Lipinski definition) is 5. The lowest BCUT2D eigenvalue weighted by Gasteiger charge is -2.19. The summed E-state index contributed by atoms with van der Waals surface area (Å²) in [6, 6.07) is 13.6. The first-order valence-corrected chi connectivity index (χ1v) is 9.86. The van der Waals surface area contributed by atoms with Crippen LogP contribution in [0.25, 0.3) is 0 Å². The summed E-state index contributed by atoms with van der Waals surface area (Å²) < 4.78 is 10.7. The second-order valence-corrected chi connectivity index (χ2v) is 7.45. The second kappa shape index (κ2) is 8.07. The first-order chi connectivity index (χ1) is 14.1. The highest BCUT2D eigenvalue weighted by atomic mass is 16.5. The summed E-state index contributed by atoms with van der Waals surface area (Å²) in [5, 5.41) is 0. The van der Waals surface area contributed by atoms with Crippen LogP contribution in [0.1, 0.15) is 36.0 Å². The molecule has 0 N–H and O–H groups in total. The number of rotatable bonds is 6. The van der Waals surface area contributed by atoms with E-state index in [2.05, 4.69) is 0 Å². The molecule has 0 aromatic heterocycles. The Morgan fingerprint density at radius 2 is 1.62 bits per heavy atom. The Morgan fingerprint density at radius 3 is 2.24 bits per heavy atom. The van der Waals surface area contributed by atoms with E-state index in [1.807, 2.05) is 0 Å². The Morgan fingerprint density at radius 1 is 0.966 bits per heavy atom. The zero-order valence-electron chi connectivity index (χ0n) is 16.3. The number of imide groups is 1. The number of benzene rings is 2. The van der Waals surface area contributed by atoms with Crippen LogP contribution in [0.4, 0.5) is 5.69 Å². The largest absolute Gasteiger partial charge is 0.497 e. The molecule has 6 heteroatoms. The molecule has 150 valence electrons. The minimum atomic E-state index is -0.173. The van der Waals surface area contributed by atoms with E-state index in [1.165, 1.54) is 4.90 Å². The van der Waals surface area contributed by atoms with Crippen molar-refractivity contribution in [2.24, 2.45) is 11.8 Å². The Labute approximate surface area is 169 Å². The lowest BCUT2D eigenvalue weighted by molar-refractivity contribution is -0.122. The fourth-order valence-corrected chi connectivity index (χ4v) is 4.14. The molecule has 4 rings (SSSR count). The highest BCUT2D eigenvalue weighted by Crippen LogP contribution is 2.40. The Hall–Kier alpha value is -3.15. The summed E-state index contributed by atoms with van der Waals surface area (Å²) in [6.45, 7) is -0.113. The van der Waals surface area contributed by atoms with Crippen molar-refractivity contribution in [1.29, 1.82) is 0 Å². The number of hydrogen-bond donors (Lipinski definition) is 0. The average molecular weight is 393 g/mol. The first kappa shape index (κ1) is 19.2. The average Bonchev–Trinajstić information content (AvgIpc) is 3.03. The van der Waals surface area contributed by atoms with Gasteiger partial charge in [-0.2, -0.15) is 0 Å². The number of methoxy groups -OCH3 is 1. The van der Waals surface area contributed by atoms with Gasteiger partial charge in [0, 0.05) is 5.56 Å². The molecule has 1 saturated heterocycles. The van der Waals surface area contributed by atoms with Crippen LogP contribution in [0.5, 0.6) is 11.5 Å². The number of carbonyl (C=O) groups excluding carboxylic acids is 3. The molecule has 1 heterocycles. The molecule has 6 nitrogen and oxygen atoms in total. The van der Waals surface area contributed by atoms with Gasteiger partial charge in [-0.05, 0) is 49.2 Å². The summed E-state index contributed by atoms with van der Waals surface area (Å²) in [5.41, 5.74) is 1.07. The van der Waals surface area contributed by atoms with Gasteiger partial charge in [-0.15, -0.1) is 0 Å². The molecule has 1 aliphatic heterocycles. The zero-order chi connectivity index (χ0) is 20.4. The quantitative estimate of drug-likeness (QED) is 0.553. The SMILES string of the molecule is COc1cccc(C(=O)COc2ccc(N3C(=O)[C@H]4CCCC[C@H]4C3=O)cc2)c1. The van der Waals surface area contributed by atoms with Gasteiger partial charge in [-0.1, -0.05) is 25.0 Å². The van der Waals surface area contributed by atoms with Gasteiger partial charge in [-0.25, -0.2) is 0 Å². The summed E-state index contributed by atoms with van der Waals surface area (Å²) >= 11 is 0. The maximum absolute atomic E-state index is 12.7. The number of carbonyl (C=O) groups is 3. The van der Waals surface area contributed by atoms with Crippen LogP contribution in [-0.4, -0.2) is 31.3 Å². The van der Waals surface area contributed by atoms with Crippen molar-refractivity contribution in [3.8, 4) is 11.5 Å². The van der Waals surface area contributed by atoms with Gasteiger partial charge in [0.2, 0.25) is 11.8 Å². The predicted molar refractivity (Wildman–Crippen MR) is 107 cm³/mol. The van der Waals surface area contributed by atoms with Crippen LogP contribution in [0.2, 0.25) is 0 Å². The van der Waals surface area contributed by atoms with Gasteiger partial charge in [0.15, 0.2) is 12.4 Å². The molecule has 2 aliphatic rings. The third kappa shape index (κ3) is 3.75. The smallest absolute Gasteiger partial charge is 0.237 e. The maximum atomic E-state index is 12.7. The van der Waals surface area contributed by atoms with Gasteiger partial charge in [0.1, 0.15) is 11.5 Å². The van der Waals surface area contributed by atoms with E-state index >= 15 is 0 Å². The molecule has 1 aliphatic carbocycles. The minimum Gasteiger partial charge on any atom is -0.497 e. The lowest BCUT2D eigenvalue weighted by atomic mass is 9.81. The topological polar surface area (TPSA) is 72.9 Å². The molecule has 0 unspecified atom stereocenters. The molecule has 2 atom stereocenters. The molecule has 0 spiro atoms. The van der Waals surface area contributed by atoms with Crippen molar-refractivity contribution in [1.82, 2.24) is 0 Å². The summed E-state index contributed by atoms with van der Waals surface area (Å²) in [4.78, 5) is 39.0. The Balaban J connectivity index is 1.41. The minimum absolute atomic E-state index is 0.0958. The molecule has 0 bridgehead atoms. The zero-order valence-corrected chi connectivity index (χ0v) is 16.3.